The maximum atomic E-state index is 11.6. The predicted octanol–water partition coefficient (Wildman–Crippen LogP) is 1.84. The Balaban J connectivity index is 3.02. The Bertz CT molecular complexity index is 464. The third-order valence-electron chi connectivity index (χ3n) is 2.28. The van der Waals surface area contributed by atoms with Gasteiger partial charge in [-0.15, -0.1) is 0 Å². The zero-order chi connectivity index (χ0) is 12.8. The number of hydrogen-bond donors (Lipinski definition) is 2. The summed E-state index contributed by atoms with van der Waals surface area (Å²) < 4.78 is 0. The molecule has 2 N–H and O–H groups in total. The summed E-state index contributed by atoms with van der Waals surface area (Å²) >= 11 is 0. The maximum Gasteiger partial charge on any atom is 0.328 e. The summed E-state index contributed by atoms with van der Waals surface area (Å²) in [4.78, 5) is 22.0. The molecule has 1 aromatic rings. The molecule has 0 aliphatic heterocycles. The van der Waals surface area contributed by atoms with E-state index in [-0.39, 0.29) is 5.91 Å². The fraction of sp³-hybridized carbons (Fsp3) is 0.231. The van der Waals surface area contributed by atoms with Gasteiger partial charge in [0.1, 0.15) is 0 Å². The van der Waals surface area contributed by atoms with Gasteiger partial charge in [0, 0.05) is 18.2 Å². The van der Waals surface area contributed by atoms with E-state index >= 15 is 0 Å². The van der Waals surface area contributed by atoms with Gasteiger partial charge in [0.05, 0.1) is 0 Å². The van der Waals surface area contributed by atoms with Crippen LogP contribution in [0.1, 0.15) is 28.4 Å². The van der Waals surface area contributed by atoms with E-state index in [1.54, 1.807) is 18.2 Å². The molecule has 0 atom stereocenters. The third kappa shape index (κ3) is 3.75. The zero-order valence-electron chi connectivity index (χ0n) is 9.86. The number of amides is 1. The molecule has 0 unspecified atom stereocenters. The number of hydrogen-bond acceptors (Lipinski definition) is 2. The molecule has 0 heterocycles. The van der Waals surface area contributed by atoms with Crippen molar-refractivity contribution >= 4 is 18.0 Å². The number of carbonyl (C=O) groups is 2. The molecule has 0 saturated heterocycles. The van der Waals surface area contributed by atoms with Crippen molar-refractivity contribution in [3.63, 3.8) is 0 Å². The van der Waals surface area contributed by atoms with Gasteiger partial charge in [0.25, 0.3) is 5.91 Å². The molecule has 0 aliphatic carbocycles. The summed E-state index contributed by atoms with van der Waals surface area (Å²) in [5.41, 5.74) is 2.19. The minimum atomic E-state index is -1.01. The second-order valence-corrected chi connectivity index (χ2v) is 3.60. The first-order valence-corrected chi connectivity index (χ1v) is 5.34. The van der Waals surface area contributed by atoms with Crippen LogP contribution in [0.4, 0.5) is 0 Å². The number of carboxylic acid groups (broad SMARTS) is 1. The van der Waals surface area contributed by atoms with Crippen LogP contribution < -0.4 is 5.32 Å². The van der Waals surface area contributed by atoms with E-state index in [4.69, 9.17) is 5.11 Å². The van der Waals surface area contributed by atoms with E-state index < -0.39 is 5.97 Å². The van der Waals surface area contributed by atoms with Crippen molar-refractivity contribution in [1.29, 1.82) is 0 Å². The average Bonchev–Trinajstić information content (AvgIpc) is 2.28. The number of benzene rings is 1. The molecule has 0 aromatic heterocycles. The molecule has 0 saturated carbocycles. The lowest BCUT2D eigenvalue weighted by atomic mass is 10.0. The van der Waals surface area contributed by atoms with Crippen molar-refractivity contribution in [1.82, 2.24) is 5.32 Å². The SMILES string of the molecule is CCNC(=O)c1ccc(C)c(/C=C/C(=O)O)c1. The Hall–Kier alpha value is -2.10. The lowest BCUT2D eigenvalue weighted by Gasteiger charge is -2.05. The Kier molecular flexibility index (Phi) is 4.46. The number of carbonyl (C=O) groups excluding carboxylic acids is 1. The van der Waals surface area contributed by atoms with Gasteiger partial charge in [-0.2, -0.15) is 0 Å². The first-order valence-electron chi connectivity index (χ1n) is 5.34. The molecule has 4 heteroatoms. The molecule has 0 fully saturated rings. The average molecular weight is 233 g/mol. The van der Waals surface area contributed by atoms with Crippen LogP contribution in [0.5, 0.6) is 0 Å². The summed E-state index contributed by atoms with van der Waals surface area (Å²) in [6.45, 7) is 4.27. The molecule has 1 aromatic carbocycles. The highest BCUT2D eigenvalue weighted by Crippen LogP contribution is 2.13. The molecule has 90 valence electrons. The fourth-order valence-electron chi connectivity index (χ4n) is 1.38. The summed E-state index contributed by atoms with van der Waals surface area (Å²) in [6, 6.07) is 5.20. The lowest BCUT2D eigenvalue weighted by Crippen LogP contribution is -2.22. The van der Waals surface area contributed by atoms with Crippen LogP contribution in [-0.4, -0.2) is 23.5 Å². The van der Waals surface area contributed by atoms with E-state index in [1.807, 2.05) is 13.8 Å². The van der Waals surface area contributed by atoms with E-state index in [9.17, 15) is 9.59 Å². The molecule has 0 spiro atoms. The number of aliphatic carboxylic acids is 1. The largest absolute Gasteiger partial charge is 0.478 e. The molecule has 0 radical (unpaired) electrons. The smallest absolute Gasteiger partial charge is 0.328 e. The van der Waals surface area contributed by atoms with Crippen molar-refractivity contribution in [3.05, 3.63) is 41.0 Å². The van der Waals surface area contributed by atoms with E-state index in [0.717, 1.165) is 17.2 Å². The first kappa shape index (κ1) is 13.0. The highest BCUT2D eigenvalue weighted by atomic mass is 16.4. The first-order chi connectivity index (χ1) is 8.04. The van der Waals surface area contributed by atoms with Crippen LogP contribution >= 0.6 is 0 Å². The number of aryl methyl sites for hydroxylation is 1. The van der Waals surface area contributed by atoms with Gasteiger partial charge in [-0.3, -0.25) is 4.79 Å². The number of carboxylic acids is 1. The monoisotopic (exact) mass is 233 g/mol. The molecule has 1 rings (SSSR count). The van der Waals surface area contributed by atoms with Crippen LogP contribution in [-0.2, 0) is 4.79 Å². The van der Waals surface area contributed by atoms with Gasteiger partial charge >= 0.3 is 5.97 Å². The Morgan fingerprint density at radius 3 is 2.71 bits per heavy atom. The highest BCUT2D eigenvalue weighted by molar-refractivity contribution is 5.95. The molecular weight excluding hydrogens is 218 g/mol. The summed E-state index contributed by atoms with van der Waals surface area (Å²) in [5.74, 6) is -1.16. The second kappa shape index (κ2) is 5.84. The topological polar surface area (TPSA) is 66.4 Å². The van der Waals surface area contributed by atoms with Gasteiger partial charge in [0.2, 0.25) is 0 Å². The van der Waals surface area contributed by atoms with E-state index in [2.05, 4.69) is 5.32 Å². The fourth-order valence-corrected chi connectivity index (χ4v) is 1.38. The van der Waals surface area contributed by atoms with Gasteiger partial charge in [-0.25, -0.2) is 4.79 Å². The van der Waals surface area contributed by atoms with Crippen molar-refractivity contribution in [3.8, 4) is 0 Å². The van der Waals surface area contributed by atoms with Gasteiger partial charge in [-0.1, -0.05) is 6.07 Å². The molecular formula is C13H15NO3. The summed E-state index contributed by atoms with van der Waals surface area (Å²) in [6.07, 6.45) is 2.55. The third-order valence-corrected chi connectivity index (χ3v) is 2.28. The Morgan fingerprint density at radius 1 is 1.41 bits per heavy atom. The van der Waals surface area contributed by atoms with E-state index in [1.165, 1.54) is 6.08 Å². The Morgan fingerprint density at radius 2 is 2.12 bits per heavy atom. The standard InChI is InChI=1S/C13H15NO3/c1-3-14-13(17)11-5-4-9(2)10(8-11)6-7-12(15)16/h4-8H,3H2,1-2H3,(H,14,17)(H,15,16)/b7-6+. The Labute approximate surface area is 100.0 Å². The number of rotatable bonds is 4. The molecule has 17 heavy (non-hydrogen) atoms. The van der Waals surface area contributed by atoms with Crippen molar-refractivity contribution in [2.24, 2.45) is 0 Å². The quantitative estimate of drug-likeness (QED) is 0.780. The maximum absolute atomic E-state index is 11.6. The molecule has 4 nitrogen and oxygen atoms in total. The van der Waals surface area contributed by atoms with Crippen LogP contribution in [0.2, 0.25) is 0 Å². The normalized spacial score (nSPS) is 10.5. The van der Waals surface area contributed by atoms with Crippen LogP contribution in [0.3, 0.4) is 0 Å². The zero-order valence-corrected chi connectivity index (χ0v) is 9.86. The molecule has 0 aliphatic rings. The van der Waals surface area contributed by atoms with Gasteiger partial charge < -0.3 is 10.4 Å². The molecule has 0 bridgehead atoms. The molecule has 1 amide bonds. The van der Waals surface area contributed by atoms with E-state index in [0.29, 0.717) is 12.1 Å². The summed E-state index contributed by atoms with van der Waals surface area (Å²) in [7, 11) is 0. The van der Waals surface area contributed by atoms with Crippen LogP contribution in [0.25, 0.3) is 6.08 Å². The minimum Gasteiger partial charge on any atom is -0.478 e. The van der Waals surface area contributed by atoms with Gasteiger partial charge in [0.15, 0.2) is 0 Å². The van der Waals surface area contributed by atoms with Gasteiger partial charge in [-0.05, 0) is 43.2 Å². The lowest BCUT2D eigenvalue weighted by molar-refractivity contribution is -0.131. The highest BCUT2D eigenvalue weighted by Gasteiger charge is 2.05. The number of nitrogens with one attached hydrogen (secondary N) is 1. The minimum absolute atomic E-state index is 0.155. The van der Waals surface area contributed by atoms with Crippen molar-refractivity contribution in [2.75, 3.05) is 6.54 Å². The van der Waals surface area contributed by atoms with Crippen molar-refractivity contribution < 1.29 is 14.7 Å². The van der Waals surface area contributed by atoms with Crippen molar-refractivity contribution in [2.45, 2.75) is 13.8 Å². The summed E-state index contributed by atoms with van der Waals surface area (Å²) in [5, 5.41) is 11.3. The van der Waals surface area contributed by atoms with Crippen LogP contribution in [0, 0.1) is 6.92 Å². The predicted molar refractivity (Wildman–Crippen MR) is 65.9 cm³/mol. The van der Waals surface area contributed by atoms with Crippen LogP contribution in [0.15, 0.2) is 24.3 Å². The second-order valence-electron chi connectivity index (χ2n) is 3.60.